The fourth-order valence-electron chi connectivity index (χ4n) is 3.31. The van der Waals surface area contributed by atoms with E-state index in [1.807, 2.05) is 12.4 Å². The number of H-pyrrole nitrogens is 1. The Morgan fingerprint density at radius 3 is 2.52 bits per heavy atom. The second kappa shape index (κ2) is 7.51. The summed E-state index contributed by atoms with van der Waals surface area (Å²) in [5.41, 5.74) is 1.21. The van der Waals surface area contributed by atoms with Gasteiger partial charge in [-0.05, 0) is 36.2 Å². The number of nitrogens with zero attached hydrogens (tertiary/aromatic N) is 2. The molecule has 0 bridgehead atoms. The van der Waals surface area contributed by atoms with Crippen LogP contribution in [0.15, 0.2) is 36.7 Å². The maximum Gasteiger partial charge on any atom is 0.145 e. The van der Waals surface area contributed by atoms with Gasteiger partial charge in [-0.15, -0.1) is 0 Å². The highest BCUT2D eigenvalue weighted by molar-refractivity contribution is 5.22. The molecule has 6 nitrogen and oxygen atoms in total. The van der Waals surface area contributed by atoms with Crippen LogP contribution in [0.4, 0.5) is 4.39 Å². The fraction of sp³-hybridized carbons (Fsp3) is 0.500. The van der Waals surface area contributed by atoms with Gasteiger partial charge in [-0.3, -0.25) is 10.00 Å². The molecular formula is C18H22FN3O3. The molecule has 0 saturated carbocycles. The topological polar surface area (TPSA) is 59.6 Å². The molecule has 0 unspecified atom stereocenters. The van der Waals surface area contributed by atoms with Gasteiger partial charge in [0.1, 0.15) is 17.7 Å². The molecule has 2 aliphatic rings. The summed E-state index contributed by atoms with van der Waals surface area (Å²) in [7, 11) is 0. The average molecular weight is 347 g/mol. The number of hydrogen-bond acceptors (Lipinski definition) is 5. The van der Waals surface area contributed by atoms with Crippen molar-refractivity contribution in [1.82, 2.24) is 15.1 Å². The Hall–Kier alpha value is -1.96. The van der Waals surface area contributed by atoms with Crippen LogP contribution in [0.5, 0.6) is 5.75 Å². The third-order valence-corrected chi connectivity index (χ3v) is 4.67. The Balaban J connectivity index is 1.26. The van der Waals surface area contributed by atoms with Gasteiger partial charge in [-0.1, -0.05) is 0 Å². The van der Waals surface area contributed by atoms with E-state index >= 15 is 0 Å². The first-order chi connectivity index (χ1) is 12.3. The minimum Gasteiger partial charge on any atom is -0.486 e. The second-order valence-corrected chi connectivity index (χ2v) is 6.55. The van der Waals surface area contributed by atoms with Crippen LogP contribution in [0.3, 0.4) is 0 Å². The van der Waals surface area contributed by atoms with E-state index in [0.717, 1.165) is 26.1 Å². The molecule has 1 N–H and O–H groups in total. The second-order valence-electron chi connectivity index (χ2n) is 6.55. The SMILES string of the molecule is Fc1ccc(OC2CO[C@H]3CN(CCc4cn[nH]c4)C[C@@H]3OC2)cc1. The lowest BCUT2D eigenvalue weighted by Crippen LogP contribution is -2.30. The minimum absolute atomic E-state index is 0.0752. The molecule has 0 amide bonds. The van der Waals surface area contributed by atoms with Crippen LogP contribution < -0.4 is 4.74 Å². The first-order valence-electron chi connectivity index (χ1n) is 8.62. The molecule has 0 aliphatic carbocycles. The number of halogens is 1. The molecule has 2 atom stereocenters. The van der Waals surface area contributed by atoms with Gasteiger partial charge in [-0.2, -0.15) is 5.10 Å². The summed E-state index contributed by atoms with van der Waals surface area (Å²) >= 11 is 0. The first kappa shape index (κ1) is 16.5. The zero-order valence-electron chi connectivity index (χ0n) is 13.9. The summed E-state index contributed by atoms with van der Waals surface area (Å²) < 4.78 is 30.8. The number of benzene rings is 1. The van der Waals surface area contributed by atoms with Gasteiger partial charge in [0.2, 0.25) is 0 Å². The van der Waals surface area contributed by atoms with E-state index in [9.17, 15) is 4.39 Å². The Kier molecular flexibility index (Phi) is 4.96. The monoisotopic (exact) mass is 347 g/mol. The number of aromatic amines is 1. The normalized spacial score (nSPS) is 24.8. The highest BCUT2D eigenvalue weighted by atomic mass is 19.1. The Morgan fingerprint density at radius 1 is 1.16 bits per heavy atom. The molecule has 2 saturated heterocycles. The van der Waals surface area contributed by atoms with E-state index in [1.54, 1.807) is 12.1 Å². The number of ether oxygens (including phenoxy) is 3. The van der Waals surface area contributed by atoms with Crippen LogP contribution >= 0.6 is 0 Å². The predicted molar refractivity (Wildman–Crippen MR) is 89.0 cm³/mol. The van der Waals surface area contributed by atoms with Crippen LogP contribution in [-0.4, -0.2) is 66.3 Å². The van der Waals surface area contributed by atoms with Gasteiger partial charge in [0, 0.05) is 25.8 Å². The Bertz CT molecular complexity index is 649. The highest BCUT2D eigenvalue weighted by Gasteiger charge is 2.37. The lowest BCUT2D eigenvalue weighted by molar-refractivity contribution is -0.00461. The third kappa shape index (κ3) is 4.18. The summed E-state index contributed by atoms with van der Waals surface area (Å²) in [6.45, 7) is 3.66. The average Bonchev–Trinajstić information content (AvgIpc) is 3.23. The number of nitrogens with one attached hydrogen (secondary N) is 1. The minimum atomic E-state index is -0.272. The van der Waals surface area contributed by atoms with E-state index in [2.05, 4.69) is 15.1 Å². The summed E-state index contributed by atoms with van der Waals surface area (Å²) in [4.78, 5) is 2.36. The quantitative estimate of drug-likeness (QED) is 0.891. The Morgan fingerprint density at radius 2 is 1.88 bits per heavy atom. The zero-order chi connectivity index (χ0) is 17.1. The maximum absolute atomic E-state index is 13.0. The molecule has 1 aromatic heterocycles. The molecule has 4 rings (SSSR count). The van der Waals surface area contributed by atoms with Crippen molar-refractivity contribution in [3.8, 4) is 5.75 Å². The van der Waals surface area contributed by atoms with Crippen molar-refractivity contribution in [1.29, 1.82) is 0 Å². The maximum atomic E-state index is 13.0. The summed E-state index contributed by atoms with van der Waals surface area (Å²) in [5, 5.41) is 6.81. The van der Waals surface area contributed by atoms with Crippen LogP contribution in [0.1, 0.15) is 5.56 Å². The van der Waals surface area contributed by atoms with Gasteiger partial charge in [0.05, 0.1) is 31.6 Å². The van der Waals surface area contributed by atoms with Crippen LogP contribution in [0.2, 0.25) is 0 Å². The lowest BCUT2D eigenvalue weighted by Gasteiger charge is -2.19. The first-order valence-corrected chi connectivity index (χ1v) is 8.62. The van der Waals surface area contributed by atoms with E-state index in [1.165, 1.54) is 17.7 Å². The molecule has 0 radical (unpaired) electrons. The smallest absolute Gasteiger partial charge is 0.145 e. The molecule has 7 heteroatoms. The van der Waals surface area contributed by atoms with Crippen molar-refractivity contribution in [3.05, 3.63) is 48.0 Å². The van der Waals surface area contributed by atoms with E-state index in [-0.39, 0.29) is 24.1 Å². The number of rotatable bonds is 5. The molecule has 2 aliphatic heterocycles. The van der Waals surface area contributed by atoms with Crippen molar-refractivity contribution in [3.63, 3.8) is 0 Å². The molecule has 2 fully saturated rings. The third-order valence-electron chi connectivity index (χ3n) is 4.67. The number of hydrogen-bond donors (Lipinski definition) is 1. The van der Waals surface area contributed by atoms with Crippen LogP contribution in [0.25, 0.3) is 0 Å². The molecule has 134 valence electrons. The van der Waals surface area contributed by atoms with Gasteiger partial charge in [-0.25, -0.2) is 4.39 Å². The van der Waals surface area contributed by atoms with Crippen molar-refractivity contribution >= 4 is 0 Å². The largest absolute Gasteiger partial charge is 0.486 e. The van der Waals surface area contributed by atoms with Gasteiger partial charge >= 0.3 is 0 Å². The summed E-state index contributed by atoms with van der Waals surface area (Å²) in [6, 6.07) is 6.03. The highest BCUT2D eigenvalue weighted by Crippen LogP contribution is 2.22. The lowest BCUT2D eigenvalue weighted by atomic mass is 10.2. The van der Waals surface area contributed by atoms with Crippen LogP contribution in [0, 0.1) is 5.82 Å². The number of aromatic nitrogens is 2. The van der Waals surface area contributed by atoms with E-state index in [0.29, 0.717) is 19.0 Å². The zero-order valence-corrected chi connectivity index (χ0v) is 13.9. The van der Waals surface area contributed by atoms with E-state index < -0.39 is 0 Å². The fourth-order valence-corrected chi connectivity index (χ4v) is 3.31. The van der Waals surface area contributed by atoms with E-state index in [4.69, 9.17) is 14.2 Å². The van der Waals surface area contributed by atoms with Crippen molar-refractivity contribution < 1.29 is 18.6 Å². The molecule has 25 heavy (non-hydrogen) atoms. The number of likely N-dealkylation sites (tertiary alicyclic amines) is 1. The number of fused-ring (bicyclic) bond motifs is 1. The molecule has 3 heterocycles. The van der Waals surface area contributed by atoms with Gasteiger partial charge in [0.25, 0.3) is 0 Å². The summed E-state index contributed by atoms with van der Waals surface area (Å²) in [6.07, 6.45) is 4.73. The summed E-state index contributed by atoms with van der Waals surface area (Å²) in [5.74, 6) is 0.359. The standard InChI is InChI=1S/C18H22FN3O3/c19-14-1-3-15(4-2-14)25-16-11-23-17-9-22(10-18(17)24-12-16)6-5-13-7-20-21-8-13/h1-4,7-8,16-18H,5-6,9-12H2,(H,20,21)/t17-,18-/m0/s1. The van der Waals surface area contributed by atoms with Gasteiger partial charge < -0.3 is 14.2 Å². The predicted octanol–water partition coefficient (Wildman–Crippen LogP) is 1.64. The molecular weight excluding hydrogens is 325 g/mol. The van der Waals surface area contributed by atoms with Crippen molar-refractivity contribution in [2.75, 3.05) is 32.8 Å². The molecule has 2 aromatic rings. The van der Waals surface area contributed by atoms with Crippen molar-refractivity contribution in [2.24, 2.45) is 0 Å². The van der Waals surface area contributed by atoms with Gasteiger partial charge in [0.15, 0.2) is 0 Å². The Labute approximate surface area is 145 Å². The molecule has 0 spiro atoms. The van der Waals surface area contributed by atoms with Crippen LogP contribution in [-0.2, 0) is 15.9 Å². The van der Waals surface area contributed by atoms with Crippen molar-refractivity contribution in [2.45, 2.75) is 24.7 Å². The molecule has 1 aromatic carbocycles.